The van der Waals surface area contributed by atoms with Gasteiger partial charge in [0.25, 0.3) is 0 Å². The third kappa shape index (κ3) is 3.47. The highest BCUT2D eigenvalue weighted by Gasteiger charge is 2.37. The molecule has 1 N–H and O–H groups in total. The molecule has 0 aromatic rings. The first kappa shape index (κ1) is 15.6. The quantitative estimate of drug-likeness (QED) is 0.838. The summed E-state index contributed by atoms with van der Waals surface area (Å²) in [5, 5.41) is 3.25. The van der Waals surface area contributed by atoms with Gasteiger partial charge in [0.05, 0.1) is 5.88 Å². The van der Waals surface area contributed by atoms with Crippen LogP contribution < -0.4 is 5.32 Å². The fourth-order valence-corrected chi connectivity index (χ4v) is 4.05. The molecule has 2 aliphatic rings. The smallest absolute Gasteiger partial charge is 0.246 e. The Labute approximate surface area is 125 Å². The third-order valence-electron chi connectivity index (χ3n) is 4.09. The van der Waals surface area contributed by atoms with E-state index in [1.165, 1.54) is 0 Å². The summed E-state index contributed by atoms with van der Waals surface area (Å²) in [6.45, 7) is 3.60. The Balaban J connectivity index is 1.98. The van der Waals surface area contributed by atoms with Gasteiger partial charge in [0, 0.05) is 31.3 Å². The minimum atomic E-state index is -0.241. The highest BCUT2D eigenvalue weighted by molar-refractivity contribution is 7.99. The van der Waals surface area contributed by atoms with Crippen molar-refractivity contribution >= 4 is 23.6 Å². The van der Waals surface area contributed by atoms with E-state index in [4.69, 9.17) is 0 Å². The zero-order valence-electron chi connectivity index (χ0n) is 12.4. The molecule has 0 aromatic heterocycles. The van der Waals surface area contributed by atoms with E-state index < -0.39 is 0 Å². The monoisotopic (exact) mass is 299 g/mol. The van der Waals surface area contributed by atoms with E-state index in [1.54, 1.807) is 16.7 Å². The summed E-state index contributed by atoms with van der Waals surface area (Å²) in [7, 11) is 1.95. The Hall–Kier alpha value is -0.750. The number of carbonyl (C=O) groups excluding carboxylic acids is 2. The van der Waals surface area contributed by atoms with Crippen molar-refractivity contribution in [3.05, 3.63) is 0 Å². The molecule has 2 fully saturated rings. The summed E-state index contributed by atoms with van der Waals surface area (Å²) in [5.74, 6) is 1.67. The summed E-state index contributed by atoms with van der Waals surface area (Å²) in [6, 6.07) is 0.149. The zero-order valence-corrected chi connectivity index (χ0v) is 13.2. The number of likely N-dealkylation sites (N-methyl/N-ethyl adjacent to an activating group) is 1. The van der Waals surface area contributed by atoms with Crippen LogP contribution in [0.4, 0.5) is 0 Å². The van der Waals surface area contributed by atoms with Crippen molar-refractivity contribution < 1.29 is 9.59 Å². The maximum atomic E-state index is 12.7. The molecule has 2 amide bonds. The van der Waals surface area contributed by atoms with Gasteiger partial charge in [-0.05, 0) is 26.3 Å². The van der Waals surface area contributed by atoms with E-state index in [-0.39, 0.29) is 17.9 Å². The average molecular weight is 299 g/mol. The Morgan fingerprint density at radius 1 is 1.40 bits per heavy atom. The van der Waals surface area contributed by atoms with E-state index in [1.807, 2.05) is 18.9 Å². The maximum Gasteiger partial charge on any atom is 0.246 e. The molecule has 5 nitrogen and oxygen atoms in total. The van der Waals surface area contributed by atoms with Gasteiger partial charge in [-0.15, -0.1) is 11.8 Å². The third-order valence-corrected chi connectivity index (χ3v) is 5.11. The Bertz CT molecular complexity index is 364. The molecule has 2 atom stereocenters. The number of hydrogen-bond donors (Lipinski definition) is 1. The molecule has 0 aromatic carbocycles. The number of thioether (sulfide) groups is 1. The van der Waals surface area contributed by atoms with Crippen molar-refractivity contribution in [1.29, 1.82) is 0 Å². The molecule has 20 heavy (non-hydrogen) atoms. The molecule has 2 unspecified atom stereocenters. The van der Waals surface area contributed by atoms with Gasteiger partial charge in [-0.1, -0.05) is 6.92 Å². The van der Waals surface area contributed by atoms with Crippen LogP contribution in [0.5, 0.6) is 0 Å². The van der Waals surface area contributed by atoms with E-state index in [0.29, 0.717) is 18.3 Å². The maximum absolute atomic E-state index is 12.7. The van der Waals surface area contributed by atoms with Crippen LogP contribution in [-0.4, -0.2) is 65.5 Å². The number of carbonyl (C=O) groups is 2. The van der Waals surface area contributed by atoms with Crippen molar-refractivity contribution in [2.45, 2.75) is 44.7 Å². The Morgan fingerprint density at radius 2 is 2.20 bits per heavy atom. The molecule has 2 saturated heterocycles. The summed E-state index contributed by atoms with van der Waals surface area (Å²) in [4.78, 5) is 28.5. The molecular weight excluding hydrogens is 274 g/mol. The number of hydrogen-bond acceptors (Lipinski definition) is 4. The molecule has 2 heterocycles. The number of likely N-dealkylation sites (tertiary alicyclic amines) is 1. The predicted octanol–water partition coefficient (Wildman–Crippen LogP) is 0.898. The van der Waals surface area contributed by atoms with E-state index in [9.17, 15) is 9.59 Å². The van der Waals surface area contributed by atoms with Gasteiger partial charge in [0.1, 0.15) is 6.04 Å². The van der Waals surface area contributed by atoms with Crippen LogP contribution in [0.2, 0.25) is 0 Å². The standard InChI is InChI=1S/C14H25N3O2S/c1-3-5-13(18)17-10-20-9-12(17)14(19)16-7-4-6-11(8-16)15-2/h11-12,15H,3-10H2,1-2H3. The number of nitrogens with one attached hydrogen (secondary N) is 1. The molecular formula is C14H25N3O2S. The van der Waals surface area contributed by atoms with Gasteiger partial charge in [0.2, 0.25) is 11.8 Å². The van der Waals surface area contributed by atoms with E-state index in [0.717, 1.165) is 38.1 Å². The number of piperidine rings is 1. The minimum absolute atomic E-state index is 0.123. The van der Waals surface area contributed by atoms with Crippen LogP contribution in [-0.2, 0) is 9.59 Å². The summed E-state index contributed by atoms with van der Waals surface area (Å²) in [6.07, 6.45) is 3.55. The summed E-state index contributed by atoms with van der Waals surface area (Å²) >= 11 is 1.69. The second kappa shape index (κ2) is 7.31. The molecule has 114 valence electrons. The Kier molecular flexibility index (Phi) is 5.72. The Morgan fingerprint density at radius 3 is 2.90 bits per heavy atom. The molecule has 6 heteroatoms. The summed E-state index contributed by atoms with van der Waals surface area (Å²) < 4.78 is 0. The largest absolute Gasteiger partial charge is 0.339 e. The van der Waals surface area contributed by atoms with Crippen LogP contribution in [0.3, 0.4) is 0 Å². The highest BCUT2D eigenvalue weighted by atomic mass is 32.2. The lowest BCUT2D eigenvalue weighted by Gasteiger charge is -2.35. The summed E-state index contributed by atoms with van der Waals surface area (Å²) in [5.41, 5.74) is 0. The number of nitrogens with zero attached hydrogens (tertiary/aromatic N) is 2. The SMILES string of the molecule is CCCC(=O)N1CSCC1C(=O)N1CCCC(NC)C1. The fraction of sp³-hybridized carbons (Fsp3) is 0.857. The fourth-order valence-electron chi connectivity index (χ4n) is 2.87. The second-order valence-electron chi connectivity index (χ2n) is 5.54. The van der Waals surface area contributed by atoms with Crippen molar-refractivity contribution in [3.8, 4) is 0 Å². The highest BCUT2D eigenvalue weighted by Crippen LogP contribution is 2.24. The molecule has 0 saturated carbocycles. The lowest BCUT2D eigenvalue weighted by Crippen LogP contribution is -2.54. The van der Waals surface area contributed by atoms with Gasteiger partial charge < -0.3 is 15.1 Å². The van der Waals surface area contributed by atoms with Crippen LogP contribution in [0, 0.1) is 0 Å². The van der Waals surface area contributed by atoms with E-state index in [2.05, 4.69) is 5.32 Å². The first-order valence-corrected chi connectivity index (χ1v) is 8.66. The van der Waals surface area contributed by atoms with E-state index >= 15 is 0 Å². The molecule has 2 aliphatic heterocycles. The minimum Gasteiger partial charge on any atom is -0.339 e. The van der Waals surface area contributed by atoms with Crippen molar-refractivity contribution in [3.63, 3.8) is 0 Å². The zero-order chi connectivity index (χ0) is 14.5. The normalized spacial score (nSPS) is 26.9. The van der Waals surface area contributed by atoms with Crippen molar-refractivity contribution in [2.24, 2.45) is 0 Å². The molecule has 0 radical (unpaired) electrons. The van der Waals surface area contributed by atoms with Crippen LogP contribution in [0.1, 0.15) is 32.6 Å². The second-order valence-corrected chi connectivity index (χ2v) is 6.54. The van der Waals surface area contributed by atoms with Gasteiger partial charge in [-0.25, -0.2) is 0 Å². The first-order chi connectivity index (χ1) is 9.67. The average Bonchev–Trinajstić information content (AvgIpc) is 2.96. The molecule has 0 bridgehead atoms. The first-order valence-electron chi connectivity index (χ1n) is 7.50. The van der Waals surface area contributed by atoms with Crippen LogP contribution in [0.15, 0.2) is 0 Å². The van der Waals surface area contributed by atoms with Gasteiger partial charge in [-0.3, -0.25) is 9.59 Å². The van der Waals surface area contributed by atoms with Gasteiger partial charge in [-0.2, -0.15) is 0 Å². The lowest BCUT2D eigenvalue weighted by molar-refractivity contribution is -0.144. The van der Waals surface area contributed by atoms with Crippen LogP contribution >= 0.6 is 11.8 Å². The molecule has 0 aliphatic carbocycles. The van der Waals surface area contributed by atoms with Crippen LogP contribution in [0.25, 0.3) is 0 Å². The lowest BCUT2D eigenvalue weighted by atomic mass is 10.0. The number of rotatable bonds is 4. The van der Waals surface area contributed by atoms with Crippen molar-refractivity contribution in [1.82, 2.24) is 15.1 Å². The topological polar surface area (TPSA) is 52.7 Å². The van der Waals surface area contributed by atoms with Gasteiger partial charge in [0.15, 0.2) is 0 Å². The van der Waals surface area contributed by atoms with Gasteiger partial charge >= 0.3 is 0 Å². The van der Waals surface area contributed by atoms with Crippen molar-refractivity contribution in [2.75, 3.05) is 31.8 Å². The molecule has 0 spiro atoms. The molecule has 2 rings (SSSR count). The predicted molar refractivity (Wildman–Crippen MR) is 81.5 cm³/mol. The number of amides is 2.